The van der Waals surface area contributed by atoms with Gasteiger partial charge >= 0.3 is 0 Å². The molecule has 0 radical (unpaired) electrons. The van der Waals surface area contributed by atoms with Crippen LogP contribution < -0.4 is 15.0 Å². The summed E-state index contributed by atoms with van der Waals surface area (Å²) in [6.45, 7) is 2.67. The molecular weight excluding hydrogens is 426 g/mol. The number of hydrogen-bond acceptors (Lipinski definition) is 4. The normalized spacial score (nSPS) is 17.5. The monoisotopic (exact) mass is 455 g/mol. The lowest BCUT2D eigenvalue weighted by atomic mass is 10.1. The molecule has 1 saturated heterocycles. The summed E-state index contributed by atoms with van der Waals surface area (Å²) in [5, 5.41) is 2.94. The molecule has 3 aromatic carbocycles. The second-order valence-corrected chi connectivity index (χ2v) is 8.86. The van der Waals surface area contributed by atoms with Gasteiger partial charge in [-0.05, 0) is 61.2 Å². The standard InChI is InChI=1S/C28H29N3O3/c32-27(29-23-12-3-1-4-13-23)22-11-9-10-21(18-22)19-31-20-26(28(33)30-16-7-2-8-17-30)34-25-15-6-5-14-24(25)31/h1,3-6,9-15,18,26H,2,7-8,16-17,19-20H2,(H,29,32). The number of fused-ring (bicyclic) bond motifs is 1. The number of piperidine rings is 1. The van der Waals surface area contributed by atoms with E-state index < -0.39 is 6.10 Å². The van der Waals surface area contributed by atoms with Gasteiger partial charge in [-0.2, -0.15) is 0 Å². The molecule has 0 aromatic heterocycles. The van der Waals surface area contributed by atoms with Gasteiger partial charge in [-0.1, -0.05) is 42.5 Å². The highest BCUT2D eigenvalue weighted by Gasteiger charge is 2.34. The first-order valence-electron chi connectivity index (χ1n) is 11.9. The zero-order chi connectivity index (χ0) is 23.3. The molecule has 2 aliphatic heterocycles. The van der Waals surface area contributed by atoms with E-state index in [1.165, 1.54) is 6.42 Å². The number of likely N-dealkylation sites (tertiary alicyclic amines) is 1. The third-order valence-electron chi connectivity index (χ3n) is 6.40. The van der Waals surface area contributed by atoms with E-state index in [-0.39, 0.29) is 11.8 Å². The number of benzene rings is 3. The largest absolute Gasteiger partial charge is 0.477 e. The van der Waals surface area contributed by atoms with Gasteiger partial charge in [0.25, 0.3) is 11.8 Å². The van der Waals surface area contributed by atoms with Crippen LogP contribution in [0.3, 0.4) is 0 Å². The Morgan fingerprint density at radius 2 is 1.65 bits per heavy atom. The molecule has 2 amide bonds. The van der Waals surface area contributed by atoms with Crippen molar-refractivity contribution < 1.29 is 14.3 Å². The zero-order valence-corrected chi connectivity index (χ0v) is 19.2. The van der Waals surface area contributed by atoms with Crippen molar-refractivity contribution in [2.45, 2.75) is 31.9 Å². The summed E-state index contributed by atoms with van der Waals surface area (Å²) in [6.07, 6.45) is 2.75. The van der Waals surface area contributed by atoms with Crippen molar-refractivity contribution in [3.05, 3.63) is 90.0 Å². The Kier molecular flexibility index (Phi) is 6.47. The minimum Gasteiger partial charge on any atom is -0.477 e. The average Bonchev–Trinajstić information content (AvgIpc) is 2.89. The number of nitrogens with zero attached hydrogens (tertiary/aromatic N) is 2. The number of hydrogen-bond donors (Lipinski definition) is 1. The van der Waals surface area contributed by atoms with Gasteiger partial charge in [0.15, 0.2) is 6.10 Å². The van der Waals surface area contributed by atoms with Crippen LogP contribution in [0.1, 0.15) is 35.2 Å². The van der Waals surface area contributed by atoms with Crippen molar-refractivity contribution in [3.8, 4) is 5.75 Å². The van der Waals surface area contributed by atoms with Gasteiger partial charge in [0, 0.05) is 30.9 Å². The molecule has 1 unspecified atom stereocenters. The Hall–Kier alpha value is -3.80. The van der Waals surface area contributed by atoms with Crippen molar-refractivity contribution in [1.29, 1.82) is 0 Å². The average molecular weight is 456 g/mol. The second kappa shape index (κ2) is 10.00. The summed E-state index contributed by atoms with van der Waals surface area (Å²) in [5.41, 5.74) is 3.33. The predicted octanol–water partition coefficient (Wildman–Crippen LogP) is 4.72. The van der Waals surface area contributed by atoms with E-state index >= 15 is 0 Å². The van der Waals surface area contributed by atoms with E-state index in [0.29, 0.717) is 18.7 Å². The summed E-state index contributed by atoms with van der Waals surface area (Å²) in [7, 11) is 0. The van der Waals surface area contributed by atoms with Crippen molar-refractivity contribution in [3.63, 3.8) is 0 Å². The van der Waals surface area contributed by atoms with Crippen molar-refractivity contribution >= 4 is 23.2 Å². The molecule has 6 nitrogen and oxygen atoms in total. The number of rotatable bonds is 5. The number of para-hydroxylation sites is 3. The van der Waals surface area contributed by atoms with E-state index in [2.05, 4.69) is 10.2 Å². The molecule has 0 aliphatic carbocycles. The molecule has 6 heteroatoms. The van der Waals surface area contributed by atoms with Crippen LogP contribution in [0.5, 0.6) is 5.75 Å². The molecule has 174 valence electrons. The summed E-state index contributed by atoms with van der Waals surface area (Å²) in [5.74, 6) is 0.644. The fraction of sp³-hybridized carbons (Fsp3) is 0.286. The van der Waals surface area contributed by atoms with Crippen LogP contribution in [0, 0.1) is 0 Å². The SMILES string of the molecule is O=C(Nc1ccccc1)c1cccc(CN2CC(C(=O)N3CCCCC3)Oc3ccccc32)c1. The van der Waals surface area contributed by atoms with Gasteiger partial charge < -0.3 is 19.9 Å². The van der Waals surface area contributed by atoms with Crippen LogP contribution in [-0.2, 0) is 11.3 Å². The van der Waals surface area contributed by atoms with E-state index in [1.54, 1.807) is 0 Å². The summed E-state index contributed by atoms with van der Waals surface area (Å²) >= 11 is 0. The molecule has 34 heavy (non-hydrogen) atoms. The Labute approximate surface area is 200 Å². The van der Waals surface area contributed by atoms with Gasteiger partial charge in [-0.15, -0.1) is 0 Å². The highest BCUT2D eigenvalue weighted by molar-refractivity contribution is 6.04. The number of ether oxygens (including phenoxy) is 1. The lowest BCUT2D eigenvalue weighted by molar-refractivity contribution is -0.139. The van der Waals surface area contributed by atoms with Gasteiger partial charge in [0.2, 0.25) is 0 Å². The highest BCUT2D eigenvalue weighted by atomic mass is 16.5. The lowest BCUT2D eigenvalue weighted by Gasteiger charge is -2.38. The quantitative estimate of drug-likeness (QED) is 0.605. The van der Waals surface area contributed by atoms with Crippen LogP contribution in [0.2, 0.25) is 0 Å². The molecule has 0 saturated carbocycles. The third kappa shape index (κ3) is 4.91. The van der Waals surface area contributed by atoms with Crippen LogP contribution in [0.15, 0.2) is 78.9 Å². The maximum absolute atomic E-state index is 13.2. The molecule has 3 aromatic rings. The van der Waals surface area contributed by atoms with Crippen LogP contribution in [0.25, 0.3) is 0 Å². The molecule has 2 aliphatic rings. The Balaban J connectivity index is 1.34. The van der Waals surface area contributed by atoms with Gasteiger partial charge in [-0.3, -0.25) is 9.59 Å². The summed E-state index contributed by atoms with van der Waals surface area (Å²) in [4.78, 5) is 30.1. The Morgan fingerprint density at radius 3 is 2.47 bits per heavy atom. The van der Waals surface area contributed by atoms with Gasteiger partial charge in [-0.25, -0.2) is 0 Å². The molecular formula is C28H29N3O3. The maximum Gasteiger partial charge on any atom is 0.265 e. The Bertz CT molecular complexity index is 1160. The first kappa shape index (κ1) is 22.0. The topological polar surface area (TPSA) is 61.9 Å². The molecule has 0 bridgehead atoms. The smallest absolute Gasteiger partial charge is 0.265 e. The zero-order valence-electron chi connectivity index (χ0n) is 19.2. The minimum absolute atomic E-state index is 0.0650. The van der Waals surface area contributed by atoms with Crippen molar-refractivity contribution in [2.24, 2.45) is 0 Å². The summed E-state index contributed by atoms with van der Waals surface area (Å²) in [6, 6.07) is 24.9. The first-order chi connectivity index (χ1) is 16.7. The summed E-state index contributed by atoms with van der Waals surface area (Å²) < 4.78 is 6.15. The molecule has 5 rings (SSSR count). The fourth-order valence-electron chi connectivity index (χ4n) is 4.66. The third-order valence-corrected chi connectivity index (χ3v) is 6.40. The van der Waals surface area contributed by atoms with Gasteiger partial charge in [0.05, 0.1) is 12.2 Å². The molecule has 1 fully saturated rings. The predicted molar refractivity (Wildman–Crippen MR) is 133 cm³/mol. The van der Waals surface area contributed by atoms with E-state index in [0.717, 1.165) is 48.6 Å². The van der Waals surface area contributed by atoms with Gasteiger partial charge in [0.1, 0.15) is 5.75 Å². The number of nitrogens with one attached hydrogen (secondary N) is 1. The Morgan fingerprint density at radius 1 is 0.882 bits per heavy atom. The van der Waals surface area contributed by atoms with Crippen molar-refractivity contribution in [1.82, 2.24) is 4.90 Å². The highest BCUT2D eigenvalue weighted by Crippen LogP contribution is 2.34. The van der Waals surface area contributed by atoms with Crippen LogP contribution in [0.4, 0.5) is 11.4 Å². The molecule has 2 heterocycles. The van der Waals surface area contributed by atoms with Crippen molar-refractivity contribution in [2.75, 3.05) is 29.9 Å². The molecule has 1 atom stereocenters. The van der Waals surface area contributed by atoms with E-state index in [9.17, 15) is 9.59 Å². The number of carbonyl (C=O) groups is 2. The minimum atomic E-state index is -0.530. The fourth-order valence-corrected chi connectivity index (χ4v) is 4.66. The maximum atomic E-state index is 13.2. The second-order valence-electron chi connectivity index (χ2n) is 8.86. The molecule has 0 spiro atoms. The number of amides is 2. The number of carbonyl (C=O) groups excluding carboxylic acids is 2. The van der Waals surface area contributed by atoms with E-state index in [1.807, 2.05) is 83.8 Å². The van der Waals surface area contributed by atoms with E-state index in [4.69, 9.17) is 4.74 Å². The lowest BCUT2D eigenvalue weighted by Crippen LogP contribution is -2.51. The van der Waals surface area contributed by atoms with Crippen LogP contribution >= 0.6 is 0 Å². The van der Waals surface area contributed by atoms with Crippen LogP contribution in [-0.4, -0.2) is 42.5 Å². The first-order valence-corrected chi connectivity index (χ1v) is 11.9. The molecule has 1 N–H and O–H groups in total. The number of anilines is 2.